The van der Waals surface area contributed by atoms with Gasteiger partial charge in [-0.05, 0) is 46.2 Å². The molecule has 2 N–H and O–H groups in total. The third-order valence-corrected chi connectivity index (χ3v) is 4.25. The second kappa shape index (κ2) is 8.87. The van der Waals surface area contributed by atoms with Gasteiger partial charge >= 0.3 is 0 Å². The Kier molecular flexibility index (Phi) is 8.79. The summed E-state index contributed by atoms with van der Waals surface area (Å²) in [6, 6.07) is 0.634. The Morgan fingerprint density at radius 3 is 2.17 bits per heavy atom. The van der Waals surface area contributed by atoms with Crippen molar-refractivity contribution in [3.63, 3.8) is 0 Å². The van der Waals surface area contributed by atoms with E-state index in [1.165, 1.54) is 32.2 Å². The molecule has 0 aromatic carbocycles. The lowest BCUT2D eigenvalue weighted by Gasteiger charge is -2.29. The van der Waals surface area contributed by atoms with Crippen molar-refractivity contribution in [3.05, 3.63) is 0 Å². The second-order valence-electron chi connectivity index (χ2n) is 6.19. The molecule has 0 atom stereocenters. The van der Waals surface area contributed by atoms with Crippen molar-refractivity contribution in [1.29, 1.82) is 0 Å². The largest absolute Gasteiger partial charge is 0.393 e. The fourth-order valence-corrected chi connectivity index (χ4v) is 2.14. The molecule has 0 unspecified atom stereocenters. The Hall–Kier alpha value is -0.150. The molecule has 0 fully saturated rings. The van der Waals surface area contributed by atoms with Crippen LogP contribution in [0.15, 0.2) is 0 Å². The van der Waals surface area contributed by atoms with Gasteiger partial charge in [-0.2, -0.15) is 0 Å². The number of hydrogen-bond donors (Lipinski definition) is 1. The second-order valence-corrected chi connectivity index (χ2v) is 6.63. The first kappa shape index (κ1) is 17.8. The van der Waals surface area contributed by atoms with Crippen LogP contribution in [0.4, 0.5) is 0 Å². The fourth-order valence-electron chi connectivity index (χ4n) is 2.04. The van der Waals surface area contributed by atoms with Gasteiger partial charge < -0.3 is 10.6 Å². The van der Waals surface area contributed by atoms with E-state index in [0.29, 0.717) is 11.0 Å². The van der Waals surface area contributed by atoms with Gasteiger partial charge in [-0.3, -0.25) is 0 Å². The molecule has 0 spiro atoms. The lowest BCUT2D eigenvalue weighted by molar-refractivity contribution is 0.207. The predicted molar refractivity (Wildman–Crippen MR) is 86.0 cm³/mol. The van der Waals surface area contributed by atoms with Crippen LogP contribution in [0.5, 0.6) is 0 Å². The van der Waals surface area contributed by atoms with Gasteiger partial charge in [0.25, 0.3) is 0 Å². The van der Waals surface area contributed by atoms with Gasteiger partial charge in [-0.1, -0.05) is 45.8 Å². The first-order valence-corrected chi connectivity index (χ1v) is 7.76. The van der Waals surface area contributed by atoms with Gasteiger partial charge in [0.15, 0.2) is 0 Å². The number of nitrogens with two attached hydrogens (primary N) is 1. The molecule has 0 amide bonds. The Bertz CT molecular complexity index is 237. The van der Waals surface area contributed by atoms with Crippen LogP contribution in [0, 0.1) is 5.41 Å². The number of nitrogens with zero attached hydrogens (tertiary/aromatic N) is 1. The van der Waals surface area contributed by atoms with Gasteiger partial charge in [0.1, 0.15) is 0 Å². The van der Waals surface area contributed by atoms with Crippen LogP contribution in [0.1, 0.15) is 66.7 Å². The topological polar surface area (TPSA) is 29.3 Å². The molecule has 0 heterocycles. The highest BCUT2D eigenvalue weighted by atomic mass is 32.1. The molecule has 0 aliphatic heterocycles. The van der Waals surface area contributed by atoms with Crippen molar-refractivity contribution in [1.82, 2.24) is 4.90 Å². The lowest BCUT2D eigenvalue weighted by Crippen LogP contribution is -2.35. The minimum absolute atomic E-state index is 0.00139. The van der Waals surface area contributed by atoms with Gasteiger partial charge in [0.05, 0.1) is 4.99 Å². The van der Waals surface area contributed by atoms with Crippen molar-refractivity contribution in [2.24, 2.45) is 11.1 Å². The Labute approximate surface area is 119 Å². The van der Waals surface area contributed by atoms with E-state index in [-0.39, 0.29) is 5.41 Å². The molecule has 0 aliphatic carbocycles. The zero-order valence-electron chi connectivity index (χ0n) is 13.0. The van der Waals surface area contributed by atoms with Gasteiger partial charge in [0, 0.05) is 11.5 Å². The predicted octanol–water partition coefficient (Wildman–Crippen LogP) is 3.98. The molecule has 0 aromatic heterocycles. The molecule has 18 heavy (non-hydrogen) atoms. The molecule has 0 rings (SSSR count). The standard InChI is InChI=1S/C15H32N2S/c1-6-7-8-11-17(13(2)3)12-9-10-15(4,5)14(16)18/h13H,6-12H2,1-5H3,(H2,16,18). The monoisotopic (exact) mass is 272 g/mol. The van der Waals surface area contributed by atoms with E-state index in [2.05, 4.69) is 39.5 Å². The van der Waals surface area contributed by atoms with E-state index in [0.717, 1.165) is 13.0 Å². The normalized spacial score (nSPS) is 12.4. The molecule has 0 saturated heterocycles. The van der Waals surface area contributed by atoms with E-state index >= 15 is 0 Å². The summed E-state index contributed by atoms with van der Waals surface area (Å²) in [6.07, 6.45) is 6.20. The summed E-state index contributed by atoms with van der Waals surface area (Å²) in [5.41, 5.74) is 5.76. The maximum atomic E-state index is 5.76. The maximum absolute atomic E-state index is 5.76. The first-order valence-electron chi connectivity index (χ1n) is 7.35. The molecule has 0 bridgehead atoms. The van der Waals surface area contributed by atoms with Gasteiger partial charge in [-0.15, -0.1) is 0 Å². The van der Waals surface area contributed by atoms with Crippen molar-refractivity contribution in [3.8, 4) is 0 Å². The highest BCUT2D eigenvalue weighted by molar-refractivity contribution is 7.80. The molecular weight excluding hydrogens is 240 g/mol. The molecule has 3 heteroatoms. The lowest BCUT2D eigenvalue weighted by atomic mass is 9.88. The van der Waals surface area contributed by atoms with Crippen molar-refractivity contribution < 1.29 is 0 Å². The van der Waals surface area contributed by atoms with Crippen LogP contribution in [0.25, 0.3) is 0 Å². The van der Waals surface area contributed by atoms with E-state index in [1.54, 1.807) is 0 Å². The zero-order valence-corrected chi connectivity index (χ0v) is 13.8. The molecule has 0 aliphatic rings. The molecule has 0 saturated carbocycles. The zero-order chi connectivity index (χ0) is 14.2. The summed E-state index contributed by atoms with van der Waals surface area (Å²) in [4.78, 5) is 3.22. The summed E-state index contributed by atoms with van der Waals surface area (Å²) >= 11 is 5.11. The van der Waals surface area contributed by atoms with Gasteiger partial charge in [0.2, 0.25) is 0 Å². The van der Waals surface area contributed by atoms with Crippen molar-refractivity contribution >= 4 is 17.2 Å². The Morgan fingerprint density at radius 1 is 1.17 bits per heavy atom. The smallest absolute Gasteiger partial charge is 0.0784 e. The highest BCUT2D eigenvalue weighted by Gasteiger charge is 2.21. The number of thiocarbonyl (C=S) groups is 1. The highest BCUT2D eigenvalue weighted by Crippen LogP contribution is 2.23. The summed E-state index contributed by atoms with van der Waals surface area (Å²) in [5.74, 6) is 0. The van der Waals surface area contributed by atoms with Crippen LogP contribution >= 0.6 is 12.2 Å². The van der Waals surface area contributed by atoms with Crippen LogP contribution < -0.4 is 5.73 Å². The molecular formula is C15H32N2S. The summed E-state index contributed by atoms with van der Waals surface area (Å²) in [7, 11) is 0. The molecule has 108 valence electrons. The SMILES string of the molecule is CCCCCN(CCCC(C)(C)C(N)=S)C(C)C. The van der Waals surface area contributed by atoms with Crippen LogP contribution in [-0.2, 0) is 0 Å². The third kappa shape index (κ3) is 7.32. The molecule has 0 aromatic rings. The van der Waals surface area contributed by atoms with Crippen LogP contribution in [0.3, 0.4) is 0 Å². The van der Waals surface area contributed by atoms with Gasteiger partial charge in [-0.25, -0.2) is 0 Å². The van der Waals surface area contributed by atoms with Crippen molar-refractivity contribution in [2.75, 3.05) is 13.1 Å². The Morgan fingerprint density at radius 2 is 1.72 bits per heavy atom. The number of unbranched alkanes of at least 4 members (excludes halogenated alkanes) is 2. The van der Waals surface area contributed by atoms with E-state index < -0.39 is 0 Å². The number of hydrogen-bond acceptors (Lipinski definition) is 2. The minimum Gasteiger partial charge on any atom is -0.393 e. The quantitative estimate of drug-likeness (QED) is 0.482. The maximum Gasteiger partial charge on any atom is 0.0784 e. The van der Waals surface area contributed by atoms with Crippen LogP contribution in [0.2, 0.25) is 0 Å². The summed E-state index contributed by atoms with van der Waals surface area (Å²) in [5, 5.41) is 0. The average molecular weight is 273 g/mol. The van der Waals surface area contributed by atoms with Crippen LogP contribution in [-0.4, -0.2) is 29.0 Å². The molecule has 0 radical (unpaired) electrons. The summed E-state index contributed by atoms with van der Waals surface area (Å²) < 4.78 is 0. The third-order valence-electron chi connectivity index (χ3n) is 3.69. The minimum atomic E-state index is 0.00139. The van der Waals surface area contributed by atoms with E-state index in [4.69, 9.17) is 18.0 Å². The van der Waals surface area contributed by atoms with E-state index in [1.807, 2.05) is 0 Å². The summed E-state index contributed by atoms with van der Waals surface area (Å²) in [6.45, 7) is 13.5. The Balaban J connectivity index is 4.01. The van der Waals surface area contributed by atoms with E-state index in [9.17, 15) is 0 Å². The first-order chi connectivity index (χ1) is 8.31. The number of rotatable bonds is 10. The van der Waals surface area contributed by atoms with Crippen molar-refractivity contribution in [2.45, 2.75) is 72.8 Å². The average Bonchev–Trinajstić information content (AvgIpc) is 2.26. The fraction of sp³-hybridized carbons (Fsp3) is 0.933. The molecule has 2 nitrogen and oxygen atoms in total.